The minimum Gasteiger partial charge on any atom is -0.452 e. The van der Waals surface area contributed by atoms with E-state index in [1.54, 1.807) is 0 Å². The molecule has 1 amide bonds. The van der Waals surface area contributed by atoms with Gasteiger partial charge in [-0.05, 0) is 18.9 Å². The largest absolute Gasteiger partial charge is 0.452 e. The number of hydrazone groups is 1. The number of nitrogens with one attached hydrogen (secondary N) is 1. The highest BCUT2D eigenvalue weighted by atomic mass is 16.5. The predicted molar refractivity (Wildman–Crippen MR) is 63.5 cm³/mol. The van der Waals surface area contributed by atoms with Crippen LogP contribution in [0.25, 0.3) is 0 Å². The first-order chi connectivity index (χ1) is 7.67. The molecule has 0 aromatic heterocycles. The van der Waals surface area contributed by atoms with Gasteiger partial charge in [-0.15, -0.1) is 0 Å². The molecule has 0 fully saturated rings. The second-order valence-electron chi connectivity index (χ2n) is 3.38. The average molecular weight is 220 g/mol. The Morgan fingerprint density at radius 1 is 1.38 bits per heavy atom. The Balaban J connectivity index is 2.81. The van der Waals surface area contributed by atoms with Gasteiger partial charge in [0.2, 0.25) is 0 Å². The van der Waals surface area contributed by atoms with E-state index in [2.05, 4.69) is 15.3 Å². The number of methoxy groups -OCH3 is 1. The topological polar surface area (TPSA) is 50.7 Å². The molecule has 86 valence electrons. The first-order valence-corrected chi connectivity index (χ1v) is 5.15. The molecule has 4 nitrogen and oxygen atoms in total. The van der Waals surface area contributed by atoms with Crippen molar-refractivity contribution < 1.29 is 9.53 Å². The van der Waals surface area contributed by atoms with Crippen molar-refractivity contribution in [3.63, 3.8) is 0 Å². The highest BCUT2D eigenvalue weighted by molar-refractivity contribution is 6.00. The quantitative estimate of drug-likeness (QED) is 0.628. The van der Waals surface area contributed by atoms with Gasteiger partial charge in [-0.2, -0.15) is 5.10 Å². The van der Waals surface area contributed by atoms with Crippen molar-refractivity contribution in [3.8, 4) is 0 Å². The zero-order valence-corrected chi connectivity index (χ0v) is 9.78. The summed E-state index contributed by atoms with van der Waals surface area (Å²) < 4.78 is 4.44. The molecule has 16 heavy (non-hydrogen) atoms. The molecule has 0 aliphatic heterocycles. The minimum atomic E-state index is -0.557. The van der Waals surface area contributed by atoms with Crippen molar-refractivity contribution >= 4 is 11.8 Å². The van der Waals surface area contributed by atoms with Crippen LogP contribution in [0.4, 0.5) is 4.79 Å². The maximum atomic E-state index is 10.9. The lowest BCUT2D eigenvalue weighted by molar-refractivity contribution is 0.171. The molecule has 0 radical (unpaired) electrons. The van der Waals surface area contributed by atoms with Gasteiger partial charge in [0.15, 0.2) is 0 Å². The SMILES string of the molecule is CC/C(=N\NC(=O)OC)c1ccc(C)cc1. The molecule has 0 saturated carbocycles. The summed E-state index contributed by atoms with van der Waals surface area (Å²) in [6.07, 6.45) is 0.186. The van der Waals surface area contributed by atoms with Gasteiger partial charge in [-0.1, -0.05) is 36.8 Å². The van der Waals surface area contributed by atoms with Crippen LogP contribution >= 0.6 is 0 Å². The Hall–Kier alpha value is -1.84. The zero-order valence-electron chi connectivity index (χ0n) is 9.78. The number of hydrogen-bond acceptors (Lipinski definition) is 3. The molecule has 0 saturated heterocycles. The van der Waals surface area contributed by atoms with E-state index in [0.29, 0.717) is 0 Å². The van der Waals surface area contributed by atoms with E-state index < -0.39 is 6.09 Å². The van der Waals surface area contributed by atoms with Crippen molar-refractivity contribution in [2.24, 2.45) is 5.10 Å². The lowest BCUT2D eigenvalue weighted by atomic mass is 10.1. The zero-order chi connectivity index (χ0) is 12.0. The second-order valence-corrected chi connectivity index (χ2v) is 3.38. The van der Waals surface area contributed by atoms with Crippen LogP contribution < -0.4 is 5.43 Å². The molecule has 0 unspecified atom stereocenters. The number of ether oxygens (including phenoxy) is 1. The van der Waals surface area contributed by atoms with Crippen LogP contribution in [-0.2, 0) is 4.74 Å². The highest BCUT2D eigenvalue weighted by Crippen LogP contribution is 2.06. The molecule has 0 bridgehead atoms. The maximum absolute atomic E-state index is 10.9. The van der Waals surface area contributed by atoms with Crippen molar-refractivity contribution in [1.82, 2.24) is 5.43 Å². The van der Waals surface area contributed by atoms with Gasteiger partial charge in [0.25, 0.3) is 0 Å². The third-order valence-corrected chi connectivity index (χ3v) is 2.19. The van der Waals surface area contributed by atoms with Gasteiger partial charge in [0, 0.05) is 0 Å². The summed E-state index contributed by atoms with van der Waals surface area (Å²) in [7, 11) is 1.31. The highest BCUT2D eigenvalue weighted by Gasteiger charge is 2.02. The number of benzene rings is 1. The lowest BCUT2D eigenvalue weighted by Gasteiger charge is -2.04. The fourth-order valence-electron chi connectivity index (χ4n) is 1.25. The number of carbonyl (C=O) groups is 1. The van der Waals surface area contributed by atoms with E-state index >= 15 is 0 Å². The fraction of sp³-hybridized carbons (Fsp3) is 0.333. The van der Waals surface area contributed by atoms with Crippen LogP contribution in [0.1, 0.15) is 24.5 Å². The van der Waals surface area contributed by atoms with Crippen molar-refractivity contribution in [2.75, 3.05) is 7.11 Å². The monoisotopic (exact) mass is 220 g/mol. The van der Waals surface area contributed by atoms with Crippen LogP contribution in [0, 0.1) is 6.92 Å². The molecule has 0 atom stereocenters. The smallest absolute Gasteiger partial charge is 0.427 e. The molecule has 0 aliphatic rings. The fourth-order valence-corrected chi connectivity index (χ4v) is 1.25. The second kappa shape index (κ2) is 5.90. The van der Waals surface area contributed by atoms with Gasteiger partial charge in [0.1, 0.15) is 0 Å². The van der Waals surface area contributed by atoms with Crippen LogP contribution in [0.5, 0.6) is 0 Å². The first-order valence-electron chi connectivity index (χ1n) is 5.15. The summed E-state index contributed by atoms with van der Waals surface area (Å²) in [5.74, 6) is 0. The van der Waals surface area contributed by atoms with Crippen LogP contribution in [0.2, 0.25) is 0 Å². The molecule has 1 aromatic rings. The minimum absolute atomic E-state index is 0.557. The van der Waals surface area contributed by atoms with E-state index in [0.717, 1.165) is 17.7 Å². The van der Waals surface area contributed by atoms with E-state index in [9.17, 15) is 4.79 Å². The van der Waals surface area contributed by atoms with Gasteiger partial charge >= 0.3 is 6.09 Å². The summed E-state index contributed by atoms with van der Waals surface area (Å²) in [6.45, 7) is 4.01. The van der Waals surface area contributed by atoms with E-state index in [1.807, 2.05) is 38.1 Å². The molecular weight excluding hydrogens is 204 g/mol. The van der Waals surface area contributed by atoms with E-state index in [-0.39, 0.29) is 0 Å². The number of aryl methyl sites for hydroxylation is 1. The van der Waals surface area contributed by atoms with Gasteiger partial charge < -0.3 is 4.74 Å². The standard InChI is InChI=1S/C12H16N2O2/c1-4-11(13-14-12(15)16-3)10-7-5-9(2)6-8-10/h5-8H,4H2,1-3H3,(H,14,15)/b13-11+. The normalized spacial score (nSPS) is 11.1. The first kappa shape index (κ1) is 12.2. The summed E-state index contributed by atoms with van der Waals surface area (Å²) in [4.78, 5) is 10.9. The number of carbonyl (C=O) groups excluding carboxylic acids is 1. The van der Waals surface area contributed by atoms with Crippen LogP contribution in [0.3, 0.4) is 0 Å². The predicted octanol–water partition coefficient (Wildman–Crippen LogP) is 2.47. The number of nitrogens with zero attached hydrogens (tertiary/aromatic N) is 1. The maximum Gasteiger partial charge on any atom is 0.427 e. The van der Waals surface area contributed by atoms with E-state index in [1.165, 1.54) is 12.7 Å². The Morgan fingerprint density at radius 3 is 2.50 bits per heavy atom. The Kier molecular flexibility index (Phi) is 4.51. The molecule has 1 aromatic carbocycles. The molecule has 1 rings (SSSR count). The molecule has 4 heteroatoms. The average Bonchev–Trinajstić information content (AvgIpc) is 2.31. The summed E-state index contributed by atoms with van der Waals surface area (Å²) in [5.41, 5.74) is 5.35. The third kappa shape index (κ3) is 3.38. The summed E-state index contributed by atoms with van der Waals surface area (Å²) in [5, 5.41) is 4.00. The summed E-state index contributed by atoms with van der Waals surface area (Å²) >= 11 is 0. The Labute approximate surface area is 95.3 Å². The summed E-state index contributed by atoms with van der Waals surface area (Å²) in [6, 6.07) is 7.99. The van der Waals surface area contributed by atoms with Crippen molar-refractivity contribution in [1.29, 1.82) is 0 Å². The molecule has 0 aliphatic carbocycles. The number of hydrogen-bond donors (Lipinski definition) is 1. The molecule has 0 spiro atoms. The molecular formula is C12H16N2O2. The molecule has 0 heterocycles. The van der Waals surface area contributed by atoms with E-state index in [4.69, 9.17) is 0 Å². The van der Waals surface area contributed by atoms with Crippen molar-refractivity contribution in [3.05, 3.63) is 35.4 Å². The van der Waals surface area contributed by atoms with Crippen LogP contribution in [0.15, 0.2) is 29.4 Å². The van der Waals surface area contributed by atoms with Gasteiger partial charge in [-0.25, -0.2) is 10.2 Å². The number of amides is 1. The van der Waals surface area contributed by atoms with Crippen LogP contribution in [-0.4, -0.2) is 18.9 Å². The van der Waals surface area contributed by atoms with Gasteiger partial charge in [-0.3, -0.25) is 0 Å². The lowest BCUT2D eigenvalue weighted by Crippen LogP contribution is -2.19. The third-order valence-electron chi connectivity index (χ3n) is 2.19. The number of rotatable bonds is 3. The Morgan fingerprint density at radius 2 is 2.00 bits per heavy atom. The Bertz CT molecular complexity index is 383. The van der Waals surface area contributed by atoms with Gasteiger partial charge in [0.05, 0.1) is 12.8 Å². The van der Waals surface area contributed by atoms with Crippen molar-refractivity contribution in [2.45, 2.75) is 20.3 Å². The molecule has 1 N–H and O–H groups in total.